The van der Waals surface area contributed by atoms with Gasteiger partial charge in [0.2, 0.25) is 0 Å². The predicted molar refractivity (Wildman–Crippen MR) is 93.5 cm³/mol. The van der Waals surface area contributed by atoms with E-state index in [0.717, 1.165) is 42.7 Å². The fourth-order valence-electron chi connectivity index (χ4n) is 4.09. The topological polar surface area (TPSA) is 83.9 Å². The van der Waals surface area contributed by atoms with Crippen LogP contribution >= 0.6 is 11.6 Å². The molecular formula is C15H20ClN5O2S. The van der Waals surface area contributed by atoms with Crippen molar-refractivity contribution in [1.82, 2.24) is 13.9 Å². The molecule has 1 saturated carbocycles. The molecule has 9 heteroatoms. The first-order chi connectivity index (χ1) is 11.2. The molecule has 0 aromatic carbocycles. The average Bonchev–Trinajstić information content (AvgIpc) is 2.78. The molecule has 0 amide bonds. The lowest BCUT2D eigenvalue weighted by Gasteiger charge is -2.60. The highest BCUT2D eigenvalue weighted by molar-refractivity contribution is 7.86. The maximum Gasteiger partial charge on any atom is 0.276 e. The van der Waals surface area contributed by atoms with Crippen LogP contribution in [0.2, 0.25) is 5.02 Å². The molecule has 1 aliphatic heterocycles. The smallest absolute Gasteiger partial charge is 0.276 e. The van der Waals surface area contributed by atoms with E-state index in [1.54, 1.807) is 7.05 Å². The highest BCUT2D eigenvalue weighted by Gasteiger charge is 2.54. The van der Waals surface area contributed by atoms with Gasteiger partial charge in [-0.05, 0) is 31.4 Å². The molecule has 24 heavy (non-hydrogen) atoms. The Morgan fingerprint density at radius 2 is 2.08 bits per heavy atom. The molecule has 1 aliphatic carbocycles. The molecule has 130 valence electrons. The SMILES string of the molecule is Cc1cc(Cl)cn2ncc(N3CC4(CC(N(C)S(N)(=O)=O)C4)C3)c12. The summed E-state index contributed by atoms with van der Waals surface area (Å²) < 4.78 is 25.9. The molecule has 2 aromatic heterocycles. The molecule has 2 N–H and O–H groups in total. The summed E-state index contributed by atoms with van der Waals surface area (Å²) in [5.41, 5.74) is 3.49. The molecule has 1 saturated heterocycles. The number of nitrogens with zero attached hydrogens (tertiary/aromatic N) is 4. The van der Waals surface area contributed by atoms with Gasteiger partial charge in [0.05, 0.1) is 22.4 Å². The molecule has 0 bridgehead atoms. The van der Waals surface area contributed by atoms with Crippen molar-refractivity contribution >= 4 is 33.0 Å². The molecule has 0 unspecified atom stereocenters. The number of hydrogen-bond acceptors (Lipinski definition) is 4. The van der Waals surface area contributed by atoms with Crippen LogP contribution < -0.4 is 10.0 Å². The number of nitrogens with two attached hydrogens (primary N) is 1. The minimum absolute atomic E-state index is 0.0200. The maximum absolute atomic E-state index is 11.4. The van der Waals surface area contributed by atoms with E-state index in [9.17, 15) is 8.42 Å². The Hall–Kier alpha value is -1.35. The van der Waals surface area contributed by atoms with Gasteiger partial charge in [-0.3, -0.25) is 0 Å². The largest absolute Gasteiger partial charge is 0.367 e. The molecule has 0 radical (unpaired) electrons. The van der Waals surface area contributed by atoms with Crippen LogP contribution in [0.1, 0.15) is 18.4 Å². The van der Waals surface area contributed by atoms with Crippen molar-refractivity contribution in [2.45, 2.75) is 25.8 Å². The van der Waals surface area contributed by atoms with Gasteiger partial charge in [0.25, 0.3) is 10.2 Å². The Kier molecular flexibility index (Phi) is 3.41. The maximum atomic E-state index is 11.4. The number of rotatable bonds is 3. The quantitative estimate of drug-likeness (QED) is 0.886. The zero-order chi connectivity index (χ0) is 17.3. The second-order valence-corrected chi connectivity index (χ2v) is 9.19. The van der Waals surface area contributed by atoms with Gasteiger partial charge in [-0.25, -0.2) is 9.65 Å². The summed E-state index contributed by atoms with van der Waals surface area (Å²) in [5, 5.41) is 10.3. The number of aryl methyl sites for hydroxylation is 1. The molecule has 1 spiro atoms. The second kappa shape index (κ2) is 5.08. The first kappa shape index (κ1) is 16.1. The number of aromatic nitrogens is 2. The summed E-state index contributed by atoms with van der Waals surface area (Å²) in [6.07, 6.45) is 5.41. The van der Waals surface area contributed by atoms with Gasteiger partial charge in [-0.15, -0.1) is 0 Å². The van der Waals surface area contributed by atoms with Crippen LogP contribution in [0.4, 0.5) is 5.69 Å². The van der Waals surface area contributed by atoms with Crippen LogP contribution in [0.3, 0.4) is 0 Å². The lowest BCUT2D eigenvalue weighted by molar-refractivity contribution is 0.0212. The zero-order valence-corrected chi connectivity index (χ0v) is 15.2. The first-order valence-electron chi connectivity index (χ1n) is 7.83. The molecule has 4 rings (SSSR count). The van der Waals surface area contributed by atoms with E-state index in [0.29, 0.717) is 5.02 Å². The molecular weight excluding hydrogens is 350 g/mol. The monoisotopic (exact) mass is 369 g/mol. The summed E-state index contributed by atoms with van der Waals surface area (Å²) in [4.78, 5) is 2.30. The van der Waals surface area contributed by atoms with Crippen LogP contribution in [0, 0.1) is 12.3 Å². The summed E-state index contributed by atoms with van der Waals surface area (Å²) in [7, 11) is -2.04. The summed E-state index contributed by atoms with van der Waals surface area (Å²) in [6.45, 7) is 3.87. The Bertz CT molecular complexity index is 911. The van der Waals surface area contributed by atoms with E-state index in [2.05, 4.69) is 10.00 Å². The van der Waals surface area contributed by atoms with Crippen LogP contribution in [-0.2, 0) is 10.2 Å². The minimum atomic E-state index is -3.60. The Balaban J connectivity index is 1.48. The summed E-state index contributed by atoms with van der Waals surface area (Å²) in [6, 6.07) is 1.96. The molecule has 3 heterocycles. The van der Waals surface area contributed by atoms with Crippen LogP contribution in [0.5, 0.6) is 0 Å². The fraction of sp³-hybridized carbons (Fsp3) is 0.533. The molecule has 7 nitrogen and oxygen atoms in total. The molecule has 2 aromatic rings. The van der Waals surface area contributed by atoms with E-state index in [4.69, 9.17) is 16.7 Å². The third-order valence-electron chi connectivity index (χ3n) is 5.40. The van der Waals surface area contributed by atoms with Crippen molar-refractivity contribution < 1.29 is 8.42 Å². The van der Waals surface area contributed by atoms with Gasteiger partial charge in [-0.1, -0.05) is 11.6 Å². The van der Waals surface area contributed by atoms with E-state index in [1.165, 1.54) is 4.31 Å². The molecule has 2 fully saturated rings. The standard InChI is InChI=1S/C15H20ClN5O2S/c1-10-3-11(16)7-21-14(10)13(6-18-21)20-8-15(9-20)4-12(5-15)19(2)24(17,22)23/h3,6-7,12H,4-5,8-9H2,1-2H3,(H2,17,22,23). The van der Waals surface area contributed by atoms with Crippen LogP contribution in [0.25, 0.3) is 5.52 Å². The fourth-order valence-corrected chi connectivity index (χ4v) is 4.91. The summed E-state index contributed by atoms with van der Waals surface area (Å²) >= 11 is 6.08. The van der Waals surface area contributed by atoms with E-state index >= 15 is 0 Å². The molecule has 2 aliphatic rings. The van der Waals surface area contributed by atoms with E-state index in [1.807, 2.05) is 29.9 Å². The third kappa shape index (κ3) is 2.40. The number of fused-ring (bicyclic) bond motifs is 1. The summed E-state index contributed by atoms with van der Waals surface area (Å²) in [5.74, 6) is 0. The lowest BCUT2D eigenvalue weighted by Crippen LogP contribution is -2.67. The Morgan fingerprint density at radius 3 is 2.71 bits per heavy atom. The van der Waals surface area contributed by atoms with Gasteiger partial charge < -0.3 is 4.90 Å². The van der Waals surface area contributed by atoms with Gasteiger partial charge in [-0.2, -0.15) is 17.8 Å². The first-order valence-corrected chi connectivity index (χ1v) is 9.71. The minimum Gasteiger partial charge on any atom is -0.367 e. The Morgan fingerprint density at radius 1 is 1.42 bits per heavy atom. The van der Waals surface area contributed by atoms with E-state index < -0.39 is 10.2 Å². The van der Waals surface area contributed by atoms with Crippen molar-refractivity contribution in [2.75, 3.05) is 25.0 Å². The van der Waals surface area contributed by atoms with Gasteiger partial charge in [0.1, 0.15) is 0 Å². The van der Waals surface area contributed by atoms with Crippen LogP contribution in [-0.4, -0.2) is 48.5 Å². The average molecular weight is 370 g/mol. The van der Waals surface area contributed by atoms with E-state index in [-0.39, 0.29) is 11.5 Å². The number of anilines is 1. The van der Waals surface area contributed by atoms with Crippen molar-refractivity contribution in [3.05, 3.63) is 29.0 Å². The highest BCUT2D eigenvalue weighted by Crippen LogP contribution is 2.52. The highest BCUT2D eigenvalue weighted by atomic mass is 35.5. The van der Waals surface area contributed by atoms with Gasteiger partial charge in [0.15, 0.2) is 0 Å². The number of pyridine rings is 1. The lowest BCUT2D eigenvalue weighted by atomic mass is 9.60. The predicted octanol–water partition coefficient (Wildman–Crippen LogP) is 1.40. The number of hydrogen-bond donors (Lipinski definition) is 1. The van der Waals surface area contributed by atoms with Crippen LogP contribution in [0.15, 0.2) is 18.5 Å². The van der Waals surface area contributed by atoms with Crippen molar-refractivity contribution in [3.63, 3.8) is 0 Å². The zero-order valence-electron chi connectivity index (χ0n) is 13.6. The second-order valence-electron chi connectivity index (χ2n) is 7.14. The van der Waals surface area contributed by atoms with Crippen molar-refractivity contribution in [1.29, 1.82) is 0 Å². The van der Waals surface area contributed by atoms with Gasteiger partial charge in [0, 0.05) is 37.8 Å². The van der Waals surface area contributed by atoms with Crippen molar-refractivity contribution in [3.8, 4) is 0 Å². The Labute approximate surface area is 146 Å². The normalized spacial score (nSPS) is 20.6. The molecule has 0 atom stereocenters. The van der Waals surface area contributed by atoms with Gasteiger partial charge >= 0.3 is 0 Å². The van der Waals surface area contributed by atoms with Crippen molar-refractivity contribution in [2.24, 2.45) is 10.6 Å². The number of halogens is 1. The third-order valence-corrected chi connectivity index (χ3v) is 6.70.